The Morgan fingerprint density at radius 3 is 2.70 bits per heavy atom. The van der Waals surface area contributed by atoms with Crippen LogP contribution in [0.25, 0.3) is 5.69 Å². The minimum Gasteiger partial charge on any atom is -0.494 e. The first kappa shape index (κ1) is 21.8. The molecule has 0 radical (unpaired) electrons. The van der Waals surface area contributed by atoms with E-state index in [9.17, 15) is 4.79 Å². The van der Waals surface area contributed by atoms with Crippen molar-refractivity contribution in [2.24, 2.45) is 17.6 Å². The number of imidazole rings is 1. The molecule has 1 aromatic carbocycles. The summed E-state index contributed by atoms with van der Waals surface area (Å²) in [7, 11) is 1.65. The Balaban J connectivity index is 1.82. The predicted octanol–water partition coefficient (Wildman–Crippen LogP) is 4.64. The summed E-state index contributed by atoms with van der Waals surface area (Å²) >= 11 is 1.52. The van der Waals surface area contributed by atoms with Crippen molar-refractivity contribution in [3.63, 3.8) is 0 Å². The minimum absolute atomic E-state index is 0.00990. The summed E-state index contributed by atoms with van der Waals surface area (Å²) < 4.78 is 7.51. The van der Waals surface area contributed by atoms with E-state index in [1.54, 1.807) is 13.4 Å². The molecule has 0 spiro atoms. The van der Waals surface area contributed by atoms with Crippen molar-refractivity contribution in [1.29, 1.82) is 0 Å². The number of aromatic nitrogens is 3. The molecule has 0 aliphatic carbocycles. The van der Waals surface area contributed by atoms with Gasteiger partial charge in [-0.2, -0.15) is 0 Å². The van der Waals surface area contributed by atoms with E-state index in [0.717, 1.165) is 40.1 Å². The van der Waals surface area contributed by atoms with E-state index in [1.807, 2.05) is 48.2 Å². The molecule has 3 rings (SSSR count). The highest BCUT2D eigenvalue weighted by Gasteiger charge is 2.27. The van der Waals surface area contributed by atoms with Crippen LogP contribution in [0.15, 0.2) is 36.1 Å². The second-order valence-corrected chi connectivity index (χ2v) is 8.80. The molecule has 160 valence electrons. The van der Waals surface area contributed by atoms with Crippen molar-refractivity contribution in [3.8, 4) is 11.4 Å². The van der Waals surface area contributed by atoms with Crippen molar-refractivity contribution in [3.05, 3.63) is 47.5 Å². The van der Waals surface area contributed by atoms with Gasteiger partial charge in [0.15, 0.2) is 5.13 Å². The van der Waals surface area contributed by atoms with E-state index in [1.165, 1.54) is 11.3 Å². The Morgan fingerprint density at radius 2 is 2.10 bits per heavy atom. The highest BCUT2D eigenvalue weighted by Crippen LogP contribution is 2.35. The zero-order valence-electron chi connectivity index (χ0n) is 18.0. The molecule has 3 N–H and O–H groups in total. The van der Waals surface area contributed by atoms with Gasteiger partial charge in [-0.3, -0.25) is 4.79 Å². The first-order valence-corrected chi connectivity index (χ1v) is 10.9. The molecule has 0 aliphatic rings. The Labute approximate surface area is 181 Å². The lowest BCUT2D eigenvalue weighted by atomic mass is 9.84. The molecule has 1 amide bonds. The van der Waals surface area contributed by atoms with Gasteiger partial charge in [0.25, 0.3) is 0 Å². The lowest BCUT2D eigenvalue weighted by molar-refractivity contribution is -0.122. The third-order valence-electron chi connectivity index (χ3n) is 5.10. The van der Waals surface area contributed by atoms with Crippen molar-refractivity contribution < 1.29 is 9.53 Å². The van der Waals surface area contributed by atoms with Crippen LogP contribution >= 0.6 is 11.3 Å². The van der Waals surface area contributed by atoms with Crippen molar-refractivity contribution >= 4 is 28.1 Å². The van der Waals surface area contributed by atoms with Gasteiger partial charge >= 0.3 is 0 Å². The zero-order valence-corrected chi connectivity index (χ0v) is 18.9. The van der Waals surface area contributed by atoms with Crippen LogP contribution in [-0.2, 0) is 4.79 Å². The third-order valence-corrected chi connectivity index (χ3v) is 5.88. The molecule has 30 heavy (non-hydrogen) atoms. The van der Waals surface area contributed by atoms with E-state index in [4.69, 9.17) is 15.5 Å². The van der Waals surface area contributed by atoms with Crippen LogP contribution in [0, 0.1) is 18.8 Å². The molecule has 2 heterocycles. The number of benzene rings is 1. The maximum absolute atomic E-state index is 11.8. The van der Waals surface area contributed by atoms with E-state index in [2.05, 4.69) is 24.1 Å². The Bertz CT molecular complexity index is 1010. The molecular weight excluding hydrogens is 398 g/mol. The van der Waals surface area contributed by atoms with Gasteiger partial charge in [-0.25, -0.2) is 9.97 Å². The number of rotatable bonds is 9. The second-order valence-electron chi connectivity index (χ2n) is 7.94. The molecule has 8 heteroatoms. The number of carbonyl (C=O) groups is 1. The van der Waals surface area contributed by atoms with Gasteiger partial charge in [0.1, 0.15) is 5.75 Å². The van der Waals surface area contributed by atoms with E-state index in [0.29, 0.717) is 5.92 Å². The SMILES string of the molecule is COc1cc(Nc2nc([C@@H](CC(C)C)C(C)C(N)=O)cs2)ccc1-n1cnc(C)c1. The highest BCUT2D eigenvalue weighted by atomic mass is 32.1. The van der Waals surface area contributed by atoms with Gasteiger partial charge in [-0.1, -0.05) is 20.8 Å². The summed E-state index contributed by atoms with van der Waals surface area (Å²) in [6, 6.07) is 5.89. The van der Waals surface area contributed by atoms with Gasteiger partial charge in [0, 0.05) is 35.2 Å². The molecule has 0 saturated carbocycles. The normalized spacial score (nSPS) is 13.3. The molecule has 0 bridgehead atoms. The van der Waals surface area contributed by atoms with Crippen molar-refractivity contribution in [1.82, 2.24) is 14.5 Å². The Morgan fingerprint density at radius 1 is 1.33 bits per heavy atom. The minimum atomic E-state index is -0.293. The average molecular weight is 428 g/mol. The number of nitrogens with one attached hydrogen (secondary N) is 1. The zero-order chi connectivity index (χ0) is 21.8. The van der Waals surface area contributed by atoms with Gasteiger partial charge < -0.3 is 20.4 Å². The number of hydrogen-bond acceptors (Lipinski definition) is 6. The maximum atomic E-state index is 11.8. The van der Waals surface area contributed by atoms with Crippen LogP contribution in [0.4, 0.5) is 10.8 Å². The lowest BCUT2D eigenvalue weighted by Gasteiger charge is -2.21. The van der Waals surface area contributed by atoms with Crippen LogP contribution in [0.2, 0.25) is 0 Å². The number of aryl methyl sites for hydroxylation is 1. The topological polar surface area (TPSA) is 95.1 Å². The van der Waals surface area contributed by atoms with Crippen LogP contribution < -0.4 is 15.8 Å². The number of hydrogen-bond donors (Lipinski definition) is 2. The number of amides is 1. The van der Waals surface area contributed by atoms with Crippen LogP contribution in [0.3, 0.4) is 0 Å². The van der Waals surface area contributed by atoms with Gasteiger partial charge in [-0.15, -0.1) is 11.3 Å². The number of nitrogens with two attached hydrogens (primary N) is 1. The average Bonchev–Trinajstić information content (AvgIpc) is 3.34. The first-order valence-electron chi connectivity index (χ1n) is 9.99. The highest BCUT2D eigenvalue weighted by molar-refractivity contribution is 7.13. The summed E-state index contributed by atoms with van der Waals surface area (Å²) in [6.07, 6.45) is 4.58. The monoisotopic (exact) mass is 427 g/mol. The summed E-state index contributed by atoms with van der Waals surface area (Å²) in [4.78, 5) is 20.8. The molecule has 3 aromatic rings. The Kier molecular flexibility index (Phi) is 6.77. The number of carbonyl (C=O) groups excluding carboxylic acids is 1. The lowest BCUT2D eigenvalue weighted by Crippen LogP contribution is -2.27. The van der Waals surface area contributed by atoms with E-state index >= 15 is 0 Å². The number of thiazole rings is 1. The number of nitrogens with zero attached hydrogens (tertiary/aromatic N) is 3. The number of anilines is 2. The van der Waals surface area contributed by atoms with Gasteiger partial charge in [0.2, 0.25) is 5.91 Å². The van der Waals surface area contributed by atoms with Gasteiger partial charge in [-0.05, 0) is 31.4 Å². The van der Waals surface area contributed by atoms with Crippen LogP contribution in [-0.4, -0.2) is 27.6 Å². The quantitative estimate of drug-likeness (QED) is 0.519. The molecule has 0 fully saturated rings. The predicted molar refractivity (Wildman–Crippen MR) is 121 cm³/mol. The summed E-state index contributed by atoms with van der Waals surface area (Å²) in [5.74, 6) is 0.627. The molecule has 2 atom stereocenters. The molecule has 0 aliphatic heterocycles. The Hall–Kier alpha value is -2.87. The fourth-order valence-corrected chi connectivity index (χ4v) is 4.24. The summed E-state index contributed by atoms with van der Waals surface area (Å²) in [5, 5.41) is 6.12. The number of methoxy groups -OCH3 is 1. The van der Waals surface area contributed by atoms with Crippen molar-refractivity contribution in [2.75, 3.05) is 12.4 Å². The summed E-state index contributed by atoms with van der Waals surface area (Å²) in [6.45, 7) is 8.11. The van der Waals surface area contributed by atoms with Gasteiger partial charge in [0.05, 0.1) is 30.5 Å². The third kappa shape index (κ3) is 4.99. The standard InChI is InChI=1S/C22H29N5O2S/c1-13(2)8-17(15(4)21(23)28)18-11-30-22(26-18)25-16-6-7-19(20(9-16)29-5)27-10-14(3)24-12-27/h6-7,9-13,15,17H,8H2,1-5H3,(H2,23,28)(H,25,26)/t15?,17-/m0/s1. The number of ether oxygens (including phenoxy) is 1. The molecule has 0 saturated heterocycles. The molecule has 7 nitrogen and oxygen atoms in total. The smallest absolute Gasteiger partial charge is 0.220 e. The first-order chi connectivity index (χ1) is 14.3. The fourth-order valence-electron chi connectivity index (χ4n) is 3.45. The summed E-state index contributed by atoms with van der Waals surface area (Å²) in [5.41, 5.74) is 9.20. The fraction of sp³-hybridized carbons (Fsp3) is 0.409. The maximum Gasteiger partial charge on any atom is 0.220 e. The van der Waals surface area contributed by atoms with Crippen LogP contribution in [0.1, 0.15) is 44.5 Å². The van der Waals surface area contributed by atoms with Crippen molar-refractivity contribution in [2.45, 2.75) is 40.0 Å². The van der Waals surface area contributed by atoms with E-state index in [-0.39, 0.29) is 17.7 Å². The molecule has 1 unspecified atom stereocenters. The second kappa shape index (κ2) is 9.30. The largest absolute Gasteiger partial charge is 0.494 e. The van der Waals surface area contributed by atoms with E-state index < -0.39 is 0 Å². The van der Waals surface area contributed by atoms with Crippen LogP contribution in [0.5, 0.6) is 5.75 Å². The number of primary amides is 1. The molecule has 2 aromatic heterocycles. The molecular formula is C22H29N5O2S.